The molecule has 1 rings (SSSR count). The summed E-state index contributed by atoms with van der Waals surface area (Å²) in [6, 6.07) is 3.31. The van der Waals surface area contributed by atoms with Crippen LogP contribution in [-0.2, 0) is 9.59 Å². The second kappa shape index (κ2) is 5.26. The number of carbonyl (C=O) groups excluding carboxylic acids is 1. The highest BCUT2D eigenvalue weighted by molar-refractivity contribution is 9.10. The number of hydrogen-bond donors (Lipinski definition) is 2. The van der Waals surface area contributed by atoms with E-state index in [2.05, 4.69) is 26.2 Å². The number of nitrogens with one attached hydrogen (secondary N) is 1. The molecule has 0 aromatic carbocycles. The van der Waals surface area contributed by atoms with Gasteiger partial charge in [-0.3, -0.25) is 4.79 Å². The molecule has 0 spiro atoms. The second-order valence-corrected chi connectivity index (χ2v) is 3.44. The van der Waals surface area contributed by atoms with Crippen molar-refractivity contribution in [2.45, 2.75) is 0 Å². The summed E-state index contributed by atoms with van der Waals surface area (Å²) < 4.78 is 0.793. The zero-order valence-corrected chi connectivity index (χ0v) is 9.06. The van der Waals surface area contributed by atoms with Gasteiger partial charge >= 0.3 is 5.97 Å². The fraction of sp³-hybridized carbons (Fsp3) is 0. The number of carbonyl (C=O) groups is 2. The van der Waals surface area contributed by atoms with Crippen LogP contribution in [0.1, 0.15) is 0 Å². The number of carboxylic acid groups (broad SMARTS) is 1. The van der Waals surface area contributed by atoms with Crippen molar-refractivity contribution in [2.75, 3.05) is 5.32 Å². The molecule has 0 atom stereocenters. The number of aromatic nitrogens is 1. The Kier molecular flexibility index (Phi) is 3.99. The molecule has 0 fully saturated rings. The molecule has 0 aliphatic rings. The van der Waals surface area contributed by atoms with Crippen molar-refractivity contribution in [1.82, 2.24) is 4.98 Å². The molecule has 0 saturated heterocycles. The summed E-state index contributed by atoms with van der Waals surface area (Å²) in [5, 5.41) is 10.7. The van der Waals surface area contributed by atoms with Crippen LogP contribution < -0.4 is 5.32 Å². The molecule has 78 valence electrons. The molecule has 1 aromatic rings. The Balaban J connectivity index is 2.59. The van der Waals surface area contributed by atoms with Crippen LogP contribution in [0.5, 0.6) is 0 Å². The number of carboxylic acids is 1. The van der Waals surface area contributed by atoms with E-state index in [0.29, 0.717) is 5.82 Å². The Morgan fingerprint density at radius 1 is 1.40 bits per heavy atom. The predicted octanol–water partition coefficient (Wildman–Crippen LogP) is 1.42. The van der Waals surface area contributed by atoms with E-state index in [1.807, 2.05) is 0 Å². The van der Waals surface area contributed by atoms with Gasteiger partial charge < -0.3 is 10.4 Å². The third kappa shape index (κ3) is 4.37. The minimum Gasteiger partial charge on any atom is -0.478 e. The van der Waals surface area contributed by atoms with Gasteiger partial charge in [0.05, 0.1) is 0 Å². The van der Waals surface area contributed by atoms with E-state index in [4.69, 9.17) is 5.11 Å². The van der Waals surface area contributed by atoms with Crippen molar-refractivity contribution in [3.63, 3.8) is 0 Å². The highest BCUT2D eigenvalue weighted by Gasteiger charge is 1.99. The minimum absolute atomic E-state index is 0.359. The lowest BCUT2D eigenvalue weighted by atomic mass is 10.4. The van der Waals surface area contributed by atoms with Crippen LogP contribution in [0.15, 0.2) is 35.0 Å². The van der Waals surface area contributed by atoms with E-state index in [1.54, 1.807) is 12.1 Å². The van der Waals surface area contributed by atoms with Crippen molar-refractivity contribution in [3.8, 4) is 0 Å². The maximum atomic E-state index is 11.1. The summed E-state index contributed by atoms with van der Waals surface area (Å²) in [7, 11) is 0. The number of halogens is 1. The van der Waals surface area contributed by atoms with Crippen LogP contribution >= 0.6 is 15.9 Å². The first-order chi connectivity index (χ1) is 7.08. The minimum atomic E-state index is -1.17. The number of nitrogens with zero attached hydrogens (tertiary/aromatic N) is 1. The average Bonchev–Trinajstić information content (AvgIpc) is 2.19. The maximum absolute atomic E-state index is 11.1. The summed E-state index contributed by atoms with van der Waals surface area (Å²) >= 11 is 3.19. The van der Waals surface area contributed by atoms with E-state index in [9.17, 15) is 9.59 Å². The van der Waals surface area contributed by atoms with Crippen molar-refractivity contribution >= 4 is 33.6 Å². The maximum Gasteiger partial charge on any atom is 0.328 e. The Bertz CT molecular complexity index is 400. The van der Waals surface area contributed by atoms with E-state index in [0.717, 1.165) is 16.6 Å². The van der Waals surface area contributed by atoms with Crippen LogP contribution in [0.25, 0.3) is 0 Å². The zero-order chi connectivity index (χ0) is 11.3. The molecule has 0 aliphatic heterocycles. The molecule has 0 unspecified atom stereocenters. The summed E-state index contributed by atoms with van der Waals surface area (Å²) in [5.41, 5.74) is 0. The van der Waals surface area contributed by atoms with Crippen LogP contribution in [0.4, 0.5) is 5.82 Å². The van der Waals surface area contributed by atoms with E-state index >= 15 is 0 Å². The highest BCUT2D eigenvalue weighted by atomic mass is 79.9. The molecule has 0 aliphatic carbocycles. The van der Waals surface area contributed by atoms with Gasteiger partial charge in [0, 0.05) is 22.8 Å². The van der Waals surface area contributed by atoms with Crippen LogP contribution in [-0.4, -0.2) is 22.0 Å². The van der Waals surface area contributed by atoms with Gasteiger partial charge in [-0.2, -0.15) is 0 Å². The van der Waals surface area contributed by atoms with Gasteiger partial charge in [0.25, 0.3) is 0 Å². The highest BCUT2D eigenvalue weighted by Crippen LogP contribution is 2.10. The molecular weight excluding hydrogens is 264 g/mol. The van der Waals surface area contributed by atoms with Gasteiger partial charge in [0.15, 0.2) is 0 Å². The third-order valence-electron chi connectivity index (χ3n) is 1.36. The normalized spacial score (nSPS) is 10.2. The van der Waals surface area contributed by atoms with Crippen LogP contribution in [0.2, 0.25) is 0 Å². The SMILES string of the molecule is O=C(O)/C=C\C(=O)Nc1ccc(Br)cn1. The van der Waals surface area contributed by atoms with Crippen molar-refractivity contribution < 1.29 is 14.7 Å². The van der Waals surface area contributed by atoms with Crippen LogP contribution in [0.3, 0.4) is 0 Å². The molecular formula is C9H7BrN2O3. The summed E-state index contributed by atoms with van der Waals surface area (Å²) in [6.07, 6.45) is 3.21. The van der Waals surface area contributed by atoms with E-state index < -0.39 is 11.9 Å². The Hall–Kier alpha value is -1.69. The number of amides is 1. The molecule has 1 aromatic heterocycles. The topological polar surface area (TPSA) is 79.3 Å². The van der Waals surface area contributed by atoms with Crippen molar-refractivity contribution in [1.29, 1.82) is 0 Å². The second-order valence-electron chi connectivity index (χ2n) is 2.52. The Morgan fingerprint density at radius 2 is 2.13 bits per heavy atom. The molecule has 0 radical (unpaired) electrons. The first kappa shape index (κ1) is 11.4. The fourth-order valence-electron chi connectivity index (χ4n) is 0.765. The van der Waals surface area contributed by atoms with Crippen LogP contribution in [0, 0.1) is 0 Å². The van der Waals surface area contributed by atoms with Gasteiger partial charge in [-0.1, -0.05) is 0 Å². The molecule has 5 nitrogen and oxygen atoms in total. The molecule has 6 heteroatoms. The Labute approximate surface area is 94.0 Å². The van der Waals surface area contributed by atoms with Gasteiger partial charge in [-0.05, 0) is 28.1 Å². The number of anilines is 1. The molecule has 1 amide bonds. The van der Waals surface area contributed by atoms with E-state index in [1.165, 1.54) is 6.20 Å². The molecule has 15 heavy (non-hydrogen) atoms. The van der Waals surface area contributed by atoms with Crippen molar-refractivity contribution in [3.05, 3.63) is 35.0 Å². The number of aliphatic carboxylic acids is 1. The fourth-order valence-corrected chi connectivity index (χ4v) is 0.999. The smallest absolute Gasteiger partial charge is 0.328 e. The summed E-state index contributed by atoms with van der Waals surface area (Å²) in [4.78, 5) is 25.1. The standard InChI is InChI=1S/C9H7BrN2O3/c10-6-1-2-7(11-5-6)12-8(13)3-4-9(14)15/h1-5H,(H,14,15)(H,11,12,13)/b4-3-. The third-order valence-corrected chi connectivity index (χ3v) is 1.83. The Morgan fingerprint density at radius 3 is 2.67 bits per heavy atom. The first-order valence-electron chi connectivity index (χ1n) is 3.91. The van der Waals surface area contributed by atoms with E-state index in [-0.39, 0.29) is 0 Å². The molecule has 2 N–H and O–H groups in total. The largest absolute Gasteiger partial charge is 0.478 e. The lowest BCUT2D eigenvalue weighted by Gasteiger charge is -1.99. The monoisotopic (exact) mass is 270 g/mol. The number of rotatable bonds is 3. The lowest BCUT2D eigenvalue weighted by Crippen LogP contribution is -2.09. The van der Waals surface area contributed by atoms with Crippen molar-refractivity contribution in [2.24, 2.45) is 0 Å². The predicted molar refractivity (Wildman–Crippen MR) is 57.3 cm³/mol. The summed E-state index contributed by atoms with van der Waals surface area (Å²) in [6.45, 7) is 0. The number of hydrogen-bond acceptors (Lipinski definition) is 3. The molecule has 0 bridgehead atoms. The molecule has 1 heterocycles. The first-order valence-corrected chi connectivity index (χ1v) is 4.71. The van der Waals surface area contributed by atoms with Gasteiger partial charge in [-0.25, -0.2) is 9.78 Å². The lowest BCUT2D eigenvalue weighted by molar-refractivity contribution is -0.131. The zero-order valence-electron chi connectivity index (χ0n) is 7.48. The molecule has 0 saturated carbocycles. The van der Waals surface area contributed by atoms with Gasteiger partial charge in [0.1, 0.15) is 5.82 Å². The van der Waals surface area contributed by atoms with Gasteiger partial charge in [-0.15, -0.1) is 0 Å². The number of pyridine rings is 1. The quantitative estimate of drug-likeness (QED) is 0.815. The van der Waals surface area contributed by atoms with Gasteiger partial charge in [0.2, 0.25) is 5.91 Å². The summed E-state index contributed by atoms with van der Waals surface area (Å²) in [5.74, 6) is -1.35. The average molecular weight is 271 g/mol.